The van der Waals surface area contributed by atoms with Crippen molar-refractivity contribution in [2.24, 2.45) is 0 Å². The Labute approximate surface area is 128 Å². The molecule has 3 nitrogen and oxygen atoms in total. The molecule has 1 aromatic heterocycles. The summed E-state index contributed by atoms with van der Waals surface area (Å²) in [6.07, 6.45) is 10.2. The van der Waals surface area contributed by atoms with Gasteiger partial charge in [-0.25, -0.2) is 4.98 Å². The molecule has 5 heteroatoms. The molecule has 0 unspecified atom stereocenters. The van der Waals surface area contributed by atoms with Crippen molar-refractivity contribution in [3.63, 3.8) is 0 Å². The minimum absolute atomic E-state index is 0.534. The number of aromatic nitrogens is 2. The van der Waals surface area contributed by atoms with E-state index in [0.717, 1.165) is 11.6 Å². The van der Waals surface area contributed by atoms with Gasteiger partial charge in [-0.1, -0.05) is 42.5 Å². The molecule has 0 radical (unpaired) electrons. The molecule has 1 saturated carbocycles. The fraction of sp³-hybridized carbons (Fsp3) is 0.400. The van der Waals surface area contributed by atoms with E-state index in [2.05, 4.69) is 14.9 Å². The number of rotatable bonds is 3. The summed E-state index contributed by atoms with van der Waals surface area (Å²) in [5.74, 6) is 0.834. The highest BCUT2D eigenvalue weighted by Crippen LogP contribution is 2.33. The van der Waals surface area contributed by atoms with Crippen LogP contribution in [0.15, 0.2) is 30.6 Å². The number of nitrogens with one attached hydrogen (secondary N) is 1. The van der Waals surface area contributed by atoms with Gasteiger partial charge >= 0.3 is 0 Å². The minimum Gasteiger partial charge on any atom is -0.324 e. The first kappa shape index (κ1) is 13.8. The van der Waals surface area contributed by atoms with Crippen molar-refractivity contribution < 1.29 is 0 Å². The number of hydrogen-bond donors (Lipinski definition) is 1. The van der Waals surface area contributed by atoms with Gasteiger partial charge in [0.2, 0.25) is 5.95 Å². The summed E-state index contributed by atoms with van der Waals surface area (Å²) in [7, 11) is 0. The van der Waals surface area contributed by atoms with Crippen molar-refractivity contribution in [1.29, 1.82) is 0 Å². The van der Waals surface area contributed by atoms with Crippen LogP contribution in [0.3, 0.4) is 0 Å². The van der Waals surface area contributed by atoms with Crippen LogP contribution in [0.1, 0.15) is 38.1 Å². The van der Waals surface area contributed by atoms with Crippen LogP contribution in [0.25, 0.3) is 0 Å². The number of halogens is 2. The van der Waals surface area contributed by atoms with Crippen molar-refractivity contribution >= 4 is 34.8 Å². The molecule has 1 fully saturated rings. The van der Waals surface area contributed by atoms with E-state index < -0.39 is 0 Å². The number of benzene rings is 1. The predicted octanol–water partition coefficient (Wildman–Crippen LogP) is 5.44. The molecule has 20 heavy (non-hydrogen) atoms. The van der Waals surface area contributed by atoms with Gasteiger partial charge in [-0.2, -0.15) is 0 Å². The Morgan fingerprint density at radius 2 is 1.95 bits per heavy atom. The Kier molecular flexibility index (Phi) is 4.18. The van der Waals surface area contributed by atoms with Crippen LogP contribution in [0.5, 0.6) is 0 Å². The highest BCUT2D eigenvalue weighted by atomic mass is 35.5. The van der Waals surface area contributed by atoms with Crippen LogP contribution in [0, 0.1) is 0 Å². The van der Waals surface area contributed by atoms with Crippen LogP contribution in [-0.4, -0.2) is 9.55 Å². The van der Waals surface area contributed by atoms with Crippen LogP contribution in [0.4, 0.5) is 11.6 Å². The Morgan fingerprint density at radius 3 is 2.75 bits per heavy atom. The third kappa shape index (κ3) is 2.94. The van der Waals surface area contributed by atoms with E-state index in [0.29, 0.717) is 16.1 Å². The van der Waals surface area contributed by atoms with Gasteiger partial charge in [0.1, 0.15) is 0 Å². The third-order valence-electron chi connectivity index (χ3n) is 3.81. The van der Waals surface area contributed by atoms with Crippen molar-refractivity contribution in [2.75, 3.05) is 5.32 Å². The number of imidazole rings is 1. The molecule has 0 spiro atoms. The third-order valence-corrected chi connectivity index (χ3v) is 4.38. The summed E-state index contributed by atoms with van der Waals surface area (Å²) in [4.78, 5) is 4.41. The lowest BCUT2D eigenvalue weighted by Gasteiger charge is -2.24. The number of hydrogen-bond acceptors (Lipinski definition) is 2. The SMILES string of the molecule is Clc1ccc(Cl)c(Nc2nccn2C2CCCCC2)c1. The molecular formula is C15H17Cl2N3. The van der Waals surface area contributed by atoms with Crippen LogP contribution in [0.2, 0.25) is 10.0 Å². The van der Waals surface area contributed by atoms with Crippen molar-refractivity contribution in [2.45, 2.75) is 38.1 Å². The maximum absolute atomic E-state index is 6.19. The first-order chi connectivity index (χ1) is 9.74. The summed E-state index contributed by atoms with van der Waals surface area (Å²) in [5, 5.41) is 4.60. The number of nitrogens with zero attached hydrogens (tertiary/aromatic N) is 2. The average molecular weight is 310 g/mol. The molecule has 2 aromatic rings. The lowest BCUT2D eigenvalue weighted by molar-refractivity contribution is 0.356. The highest BCUT2D eigenvalue weighted by molar-refractivity contribution is 6.35. The quantitative estimate of drug-likeness (QED) is 0.818. The monoisotopic (exact) mass is 309 g/mol. The molecule has 1 aromatic carbocycles. The highest BCUT2D eigenvalue weighted by Gasteiger charge is 2.18. The Morgan fingerprint density at radius 1 is 1.15 bits per heavy atom. The Balaban J connectivity index is 1.84. The standard InChI is InChI=1S/C15H17Cl2N3/c16-11-6-7-13(17)14(10-11)19-15-18-8-9-20(15)12-4-2-1-3-5-12/h6-10,12H,1-5H2,(H,18,19). The summed E-state index contributed by atoms with van der Waals surface area (Å²) in [6.45, 7) is 0. The Hall–Kier alpha value is -1.19. The second-order valence-corrected chi connectivity index (χ2v) is 6.04. The van der Waals surface area contributed by atoms with Crippen LogP contribution in [-0.2, 0) is 0 Å². The first-order valence-electron chi connectivity index (χ1n) is 6.99. The van der Waals surface area contributed by atoms with Crippen molar-refractivity contribution in [1.82, 2.24) is 9.55 Å². The summed E-state index contributed by atoms with van der Waals surface area (Å²) in [5.41, 5.74) is 0.794. The van der Waals surface area contributed by atoms with Gasteiger partial charge in [0.25, 0.3) is 0 Å². The van der Waals surface area contributed by atoms with Gasteiger partial charge in [-0.15, -0.1) is 0 Å². The Bertz CT molecular complexity index is 589. The van der Waals surface area contributed by atoms with E-state index in [1.165, 1.54) is 32.1 Å². The summed E-state index contributed by atoms with van der Waals surface area (Å²) in [6, 6.07) is 5.93. The van der Waals surface area contributed by atoms with E-state index in [4.69, 9.17) is 23.2 Å². The van der Waals surface area contributed by atoms with Gasteiger partial charge in [0.15, 0.2) is 0 Å². The molecule has 1 aliphatic carbocycles. The van der Waals surface area contributed by atoms with E-state index in [1.807, 2.05) is 18.5 Å². The molecule has 0 aliphatic heterocycles. The second-order valence-electron chi connectivity index (χ2n) is 5.20. The summed E-state index contributed by atoms with van der Waals surface area (Å²) >= 11 is 12.2. The molecule has 0 saturated heterocycles. The normalized spacial score (nSPS) is 16.3. The first-order valence-corrected chi connectivity index (χ1v) is 7.74. The van der Waals surface area contributed by atoms with Gasteiger partial charge in [0, 0.05) is 23.5 Å². The predicted molar refractivity (Wildman–Crippen MR) is 84.1 cm³/mol. The van der Waals surface area contributed by atoms with Crippen LogP contribution >= 0.6 is 23.2 Å². The maximum atomic E-state index is 6.19. The molecule has 1 heterocycles. The zero-order chi connectivity index (χ0) is 13.9. The molecule has 1 N–H and O–H groups in total. The summed E-state index contributed by atoms with van der Waals surface area (Å²) < 4.78 is 2.22. The topological polar surface area (TPSA) is 29.9 Å². The van der Waals surface area contributed by atoms with E-state index in [9.17, 15) is 0 Å². The van der Waals surface area contributed by atoms with Crippen molar-refractivity contribution in [3.05, 3.63) is 40.6 Å². The van der Waals surface area contributed by atoms with E-state index in [-0.39, 0.29) is 0 Å². The smallest absolute Gasteiger partial charge is 0.207 e. The second kappa shape index (κ2) is 6.06. The van der Waals surface area contributed by atoms with Crippen molar-refractivity contribution in [3.8, 4) is 0 Å². The zero-order valence-electron chi connectivity index (χ0n) is 11.1. The largest absolute Gasteiger partial charge is 0.324 e. The lowest BCUT2D eigenvalue weighted by atomic mass is 9.95. The zero-order valence-corrected chi connectivity index (χ0v) is 12.7. The molecular weight excluding hydrogens is 293 g/mol. The van der Waals surface area contributed by atoms with Gasteiger partial charge < -0.3 is 9.88 Å². The number of anilines is 2. The minimum atomic E-state index is 0.534. The fourth-order valence-corrected chi connectivity index (χ4v) is 3.11. The molecule has 0 bridgehead atoms. The molecule has 1 aliphatic rings. The fourth-order valence-electron chi connectivity index (χ4n) is 2.78. The van der Waals surface area contributed by atoms with Gasteiger partial charge in [-0.05, 0) is 31.0 Å². The van der Waals surface area contributed by atoms with Gasteiger partial charge in [-0.3, -0.25) is 0 Å². The van der Waals surface area contributed by atoms with Crippen LogP contribution < -0.4 is 5.32 Å². The van der Waals surface area contributed by atoms with Gasteiger partial charge in [0.05, 0.1) is 10.7 Å². The lowest BCUT2D eigenvalue weighted by Crippen LogP contribution is -2.14. The molecule has 106 valence electrons. The maximum Gasteiger partial charge on any atom is 0.207 e. The average Bonchev–Trinajstić information content (AvgIpc) is 2.92. The van der Waals surface area contributed by atoms with E-state index in [1.54, 1.807) is 12.1 Å². The molecule has 3 rings (SSSR count). The molecule has 0 amide bonds. The van der Waals surface area contributed by atoms with E-state index >= 15 is 0 Å². The molecule has 0 atom stereocenters.